The van der Waals surface area contributed by atoms with Crippen molar-refractivity contribution in [2.45, 2.75) is 31.7 Å². The van der Waals surface area contributed by atoms with E-state index in [2.05, 4.69) is 10.0 Å². The number of carbonyl (C=O) groups excluding carboxylic acids is 1. The van der Waals surface area contributed by atoms with Crippen LogP contribution >= 0.6 is 0 Å². The van der Waals surface area contributed by atoms with E-state index in [0.717, 1.165) is 0 Å². The van der Waals surface area contributed by atoms with Gasteiger partial charge in [-0.05, 0) is 51.1 Å². The maximum Gasteiger partial charge on any atom is 0.261 e. The van der Waals surface area contributed by atoms with Crippen molar-refractivity contribution in [2.24, 2.45) is 0 Å². The predicted molar refractivity (Wildman–Crippen MR) is 104 cm³/mol. The highest BCUT2D eigenvalue weighted by Crippen LogP contribution is 2.25. The summed E-state index contributed by atoms with van der Waals surface area (Å²) in [5.74, 6) is 0.451. The van der Waals surface area contributed by atoms with Gasteiger partial charge in [0.1, 0.15) is 11.5 Å². The van der Waals surface area contributed by atoms with E-state index < -0.39 is 15.9 Å². The highest BCUT2D eigenvalue weighted by Gasteiger charge is 2.20. The molecule has 2 aromatic rings. The lowest BCUT2D eigenvalue weighted by Gasteiger charge is -2.14. The molecule has 146 valence electrons. The standard InChI is InChI=1S/C19H24N2O5S/c1-5-26-15-8-6-7-14(11-15)21-27(23,24)16-9-10-18(25-4)17(12-16)19(22)20-13(2)3/h6-13,21H,5H2,1-4H3,(H,20,22). The SMILES string of the molecule is CCOc1cccc(NS(=O)(=O)c2ccc(OC)c(C(=O)NC(C)C)c2)c1. The van der Waals surface area contributed by atoms with Crippen LogP contribution in [0.5, 0.6) is 11.5 Å². The summed E-state index contributed by atoms with van der Waals surface area (Å²) in [5.41, 5.74) is 0.516. The van der Waals surface area contributed by atoms with Crippen LogP contribution in [-0.2, 0) is 10.0 Å². The van der Waals surface area contributed by atoms with E-state index in [0.29, 0.717) is 23.8 Å². The summed E-state index contributed by atoms with van der Waals surface area (Å²) in [6.45, 7) is 5.96. The van der Waals surface area contributed by atoms with E-state index in [9.17, 15) is 13.2 Å². The highest BCUT2D eigenvalue weighted by atomic mass is 32.2. The largest absolute Gasteiger partial charge is 0.496 e. The summed E-state index contributed by atoms with van der Waals surface area (Å²) >= 11 is 0. The van der Waals surface area contributed by atoms with Crippen LogP contribution in [0, 0.1) is 0 Å². The molecule has 2 aromatic carbocycles. The molecule has 0 spiro atoms. The van der Waals surface area contributed by atoms with Crippen molar-refractivity contribution in [3.8, 4) is 11.5 Å². The third-order valence-electron chi connectivity index (χ3n) is 3.54. The van der Waals surface area contributed by atoms with Gasteiger partial charge in [0, 0.05) is 12.1 Å². The molecule has 0 aromatic heterocycles. The summed E-state index contributed by atoms with van der Waals surface area (Å²) in [7, 11) is -2.47. The zero-order valence-electron chi connectivity index (χ0n) is 15.8. The van der Waals surface area contributed by atoms with Crippen LogP contribution < -0.4 is 19.5 Å². The van der Waals surface area contributed by atoms with Gasteiger partial charge in [-0.25, -0.2) is 8.42 Å². The van der Waals surface area contributed by atoms with E-state index >= 15 is 0 Å². The fourth-order valence-electron chi connectivity index (χ4n) is 2.40. The highest BCUT2D eigenvalue weighted by molar-refractivity contribution is 7.92. The van der Waals surface area contributed by atoms with Gasteiger partial charge in [0.15, 0.2) is 0 Å². The van der Waals surface area contributed by atoms with Gasteiger partial charge in [0.25, 0.3) is 15.9 Å². The van der Waals surface area contributed by atoms with Gasteiger partial charge in [0.2, 0.25) is 0 Å². The first-order chi connectivity index (χ1) is 12.8. The number of methoxy groups -OCH3 is 1. The van der Waals surface area contributed by atoms with Crippen LogP contribution in [0.4, 0.5) is 5.69 Å². The third kappa shape index (κ3) is 5.37. The molecule has 0 radical (unpaired) electrons. The summed E-state index contributed by atoms with van der Waals surface area (Å²) in [5, 5.41) is 2.73. The van der Waals surface area contributed by atoms with Gasteiger partial charge in [-0.1, -0.05) is 6.07 Å². The number of nitrogens with one attached hydrogen (secondary N) is 2. The molecule has 8 heteroatoms. The molecule has 1 amide bonds. The molecule has 7 nitrogen and oxygen atoms in total. The van der Waals surface area contributed by atoms with Gasteiger partial charge in [-0.2, -0.15) is 0 Å². The van der Waals surface area contributed by atoms with Crippen LogP contribution in [0.3, 0.4) is 0 Å². The lowest BCUT2D eigenvalue weighted by molar-refractivity contribution is 0.0940. The summed E-state index contributed by atoms with van der Waals surface area (Å²) in [6, 6.07) is 10.7. The number of ether oxygens (including phenoxy) is 2. The molecule has 0 aliphatic heterocycles. The second-order valence-corrected chi connectivity index (χ2v) is 7.74. The Bertz CT molecular complexity index is 910. The lowest BCUT2D eigenvalue weighted by Crippen LogP contribution is -2.30. The van der Waals surface area contributed by atoms with Crippen LogP contribution in [0.2, 0.25) is 0 Å². The van der Waals surface area contributed by atoms with Crippen molar-refractivity contribution in [2.75, 3.05) is 18.4 Å². The number of amides is 1. The lowest BCUT2D eigenvalue weighted by atomic mass is 10.2. The van der Waals surface area contributed by atoms with E-state index in [1.54, 1.807) is 24.3 Å². The maximum absolute atomic E-state index is 12.7. The topological polar surface area (TPSA) is 93.7 Å². The molecule has 0 bridgehead atoms. The second kappa shape index (κ2) is 8.77. The summed E-state index contributed by atoms with van der Waals surface area (Å²) in [4.78, 5) is 12.3. The Balaban J connectivity index is 2.35. The van der Waals surface area contributed by atoms with E-state index in [1.807, 2.05) is 20.8 Å². The molecule has 2 N–H and O–H groups in total. The Morgan fingerprint density at radius 3 is 2.52 bits per heavy atom. The van der Waals surface area contributed by atoms with Crippen molar-refractivity contribution in [3.63, 3.8) is 0 Å². The number of anilines is 1. The monoisotopic (exact) mass is 392 g/mol. The zero-order chi connectivity index (χ0) is 20.0. The molecule has 0 atom stereocenters. The fourth-order valence-corrected chi connectivity index (χ4v) is 3.48. The maximum atomic E-state index is 12.7. The fraction of sp³-hybridized carbons (Fsp3) is 0.316. The molecule has 0 aliphatic rings. The van der Waals surface area contributed by atoms with Gasteiger partial charge in [-0.15, -0.1) is 0 Å². The molecule has 0 saturated carbocycles. The number of sulfonamides is 1. The van der Waals surface area contributed by atoms with Crippen molar-refractivity contribution in [3.05, 3.63) is 48.0 Å². The van der Waals surface area contributed by atoms with E-state index in [1.165, 1.54) is 25.3 Å². The Kier molecular flexibility index (Phi) is 6.68. The Hall–Kier alpha value is -2.74. The molecule has 27 heavy (non-hydrogen) atoms. The van der Waals surface area contributed by atoms with Crippen LogP contribution in [0.15, 0.2) is 47.4 Å². The number of rotatable bonds is 8. The second-order valence-electron chi connectivity index (χ2n) is 6.06. The smallest absolute Gasteiger partial charge is 0.261 e. The number of hydrogen-bond acceptors (Lipinski definition) is 5. The Labute approximate surface area is 159 Å². The number of carbonyl (C=O) groups is 1. The minimum absolute atomic E-state index is 0.0426. The Morgan fingerprint density at radius 2 is 1.89 bits per heavy atom. The third-order valence-corrected chi connectivity index (χ3v) is 4.92. The Morgan fingerprint density at radius 1 is 1.15 bits per heavy atom. The first-order valence-corrected chi connectivity index (χ1v) is 9.99. The van der Waals surface area contributed by atoms with Crippen molar-refractivity contribution < 1.29 is 22.7 Å². The molecule has 0 aliphatic carbocycles. The molecular weight excluding hydrogens is 368 g/mol. The minimum Gasteiger partial charge on any atom is -0.496 e. The van der Waals surface area contributed by atoms with Crippen molar-refractivity contribution >= 4 is 21.6 Å². The van der Waals surface area contributed by atoms with Crippen LogP contribution in [-0.4, -0.2) is 34.1 Å². The van der Waals surface area contributed by atoms with Gasteiger partial charge >= 0.3 is 0 Å². The first-order valence-electron chi connectivity index (χ1n) is 8.51. The minimum atomic E-state index is -3.90. The van der Waals surface area contributed by atoms with Gasteiger partial charge < -0.3 is 14.8 Å². The zero-order valence-corrected chi connectivity index (χ0v) is 16.6. The van der Waals surface area contributed by atoms with Gasteiger partial charge in [0.05, 0.1) is 29.9 Å². The van der Waals surface area contributed by atoms with Crippen LogP contribution in [0.25, 0.3) is 0 Å². The number of hydrogen-bond donors (Lipinski definition) is 2. The average Bonchev–Trinajstić information content (AvgIpc) is 2.60. The predicted octanol–water partition coefficient (Wildman–Crippen LogP) is 3.03. The normalized spacial score (nSPS) is 11.1. The van der Waals surface area contributed by atoms with E-state index in [-0.39, 0.29) is 16.5 Å². The molecule has 0 fully saturated rings. The molecule has 0 heterocycles. The molecule has 2 rings (SSSR count). The average molecular weight is 392 g/mol. The summed E-state index contributed by atoms with van der Waals surface area (Å²) in [6.07, 6.45) is 0. The van der Waals surface area contributed by atoms with Crippen molar-refractivity contribution in [1.82, 2.24) is 5.32 Å². The molecular formula is C19H24N2O5S. The van der Waals surface area contributed by atoms with Crippen molar-refractivity contribution in [1.29, 1.82) is 0 Å². The van der Waals surface area contributed by atoms with Crippen LogP contribution in [0.1, 0.15) is 31.1 Å². The quantitative estimate of drug-likeness (QED) is 0.720. The number of benzene rings is 2. The van der Waals surface area contributed by atoms with Gasteiger partial charge in [-0.3, -0.25) is 9.52 Å². The summed E-state index contributed by atoms with van der Waals surface area (Å²) < 4.78 is 38.5. The first kappa shape index (κ1) is 20.6. The van der Waals surface area contributed by atoms with E-state index in [4.69, 9.17) is 9.47 Å². The molecule has 0 saturated heterocycles. The molecule has 0 unspecified atom stereocenters.